The van der Waals surface area contributed by atoms with E-state index >= 15 is 0 Å². The van der Waals surface area contributed by atoms with Gasteiger partial charge in [-0.25, -0.2) is 0 Å². The predicted molar refractivity (Wildman–Crippen MR) is 79.5 cm³/mol. The van der Waals surface area contributed by atoms with E-state index in [4.69, 9.17) is 5.73 Å². The first-order chi connectivity index (χ1) is 8.72. The average Bonchev–Trinajstić information content (AvgIpc) is 2.40. The molecule has 0 aromatic heterocycles. The van der Waals surface area contributed by atoms with Crippen LogP contribution in [-0.2, 0) is 0 Å². The molecule has 18 heavy (non-hydrogen) atoms. The highest BCUT2D eigenvalue weighted by molar-refractivity contribution is 5.60. The standard InChI is InChI=1S/C17H25N/c1-13-7-6-8-14(2)17(13)11-16(12-18)15-9-4-3-5-10-15/h6-8,11,15H,3-5,9-10,12,18H2,1-2H3/b16-11-. The Labute approximate surface area is 111 Å². The van der Waals surface area contributed by atoms with Gasteiger partial charge in [-0.2, -0.15) is 0 Å². The average molecular weight is 243 g/mol. The first-order valence-electron chi connectivity index (χ1n) is 7.19. The number of rotatable bonds is 3. The second-order valence-electron chi connectivity index (χ2n) is 5.56. The largest absolute Gasteiger partial charge is 0.327 e. The molecule has 0 amide bonds. The maximum absolute atomic E-state index is 5.98. The third-order valence-corrected chi connectivity index (χ3v) is 4.24. The van der Waals surface area contributed by atoms with E-state index in [1.54, 1.807) is 0 Å². The molecule has 2 rings (SSSR count). The van der Waals surface area contributed by atoms with E-state index in [1.807, 2.05) is 0 Å². The molecule has 1 nitrogen and oxygen atoms in total. The zero-order valence-corrected chi connectivity index (χ0v) is 11.7. The van der Waals surface area contributed by atoms with E-state index in [9.17, 15) is 0 Å². The highest BCUT2D eigenvalue weighted by Crippen LogP contribution is 2.31. The van der Waals surface area contributed by atoms with Crippen molar-refractivity contribution in [2.75, 3.05) is 6.54 Å². The highest BCUT2D eigenvalue weighted by atomic mass is 14.5. The van der Waals surface area contributed by atoms with Crippen LogP contribution in [0.15, 0.2) is 23.8 Å². The van der Waals surface area contributed by atoms with Crippen LogP contribution in [0.2, 0.25) is 0 Å². The molecule has 1 aliphatic rings. The first kappa shape index (κ1) is 13.4. The van der Waals surface area contributed by atoms with Crippen LogP contribution >= 0.6 is 0 Å². The molecule has 1 aromatic rings. The monoisotopic (exact) mass is 243 g/mol. The highest BCUT2D eigenvalue weighted by Gasteiger charge is 2.17. The Kier molecular flexibility index (Phi) is 4.60. The Balaban J connectivity index is 2.28. The van der Waals surface area contributed by atoms with E-state index < -0.39 is 0 Å². The smallest absolute Gasteiger partial charge is 0.0142 e. The molecule has 0 bridgehead atoms. The normalized spacial score (nSPS) is 18.1. The van der Waals surface area contributed by atoms with Crippen LogP contribution in [0, 0.1) is 19.8 Å². The fourth-order valence-corrected chi connectivity index (χ4v) is 3.06. The fraction of sp³-hybridized carbons (Fsp3) is 0.529. The van der Waals surface area contributed by atoms with Gasteiger partial charge in [0.25, 0.3) is 0 Å². The number of hydrogen-bond donors (Lipinski definition) is 1. The van der Waals surface area contributed by atoms with Gasteiger partial charge in [0, 0.05) is 6.54 Å². The predicted octanol–water partition coefficient (Wildman–Crippen LogP) is 4.23. The van der Waals surface area contributed by atoms with Crippen LogP contribution in [0.3, 0.4) is 0 Å². The van der Waals surface area contributed by atoms with Crippen molar-refractivity contribution in [2.45, 2.75) is 46.0 Å². The second kappa shape index (κ2) is 6.19. The summed E-state index contributed by atoms with van der Waals surface area (Å²) >= 11 is 0. The van der Waals surface area contributed by atoms with Crippen LogP contribution in [0.25, 0.3) is 6.08 Å². The molecule has 0 unspecified atom stereocenters. The van der Waals surface area contributed by atoms with Crippen LogP contribution in [-0.4, -0.2) is 6.54 Å². The van der Waals surface area contributed by atoms with Crippen LogP contribution in [0.4, 0.5) is 0 Å². The molecule has 0 saturated heterocycles. The van der Waals surface area contributed by atoms with E-state index in [0.29, 0.717) is 6.54 Å². The van der Waals surface area contributed by atoms with Gasteiger partial charge in [0.05, 0.1) is 0 Å². The molecule has 0 atom stereocenters. The Morgan fingerprint density at radius 1 is 1.17 bits per heavy atom. The molecule has 1 saturated carbocycles. The summed E-state index contributed by atoms with van der Waals surface area (Å²) in [4.78, 5) is 0. The van der Waals surface area contributed by atoms with E-state index in [0.717, 1.165) is 5.92 Å². The number of hydrogen-bond acceptors (Lipinski definition) is 1. The maximum atomic E-state index is 5.98. The molecule has 0 heterocycles. The van der Waals surface area contributed by atoms with E-state index in [2.05, 4.69) is 38.1 Å². The lowest BCUT2D eigenvalue weighted by atomic mass is 9.82. The van der Waals surface area contributed by atoms with E-state index in [-0.39, 0.29) is 0 Å². The molecule has 0 aliphatic heterocycles. The van der Waals surface area contributed by atoms with Crippen LogP contribution in [0.1, 0.15) is 48.8 Å². The third kappa shape index (κ3) is 3.02. The summed E-state index contributed by atoms with van der Waals surface area (Å²) in [5, 5.41) is 0. The lowest BCUT2D eigenvalue weighted by Gasteiger charge is -2.24. The van der Waals surface area contributed by atoms with Crippen molar-refractivity contribution in [1.82, 2.24) is 0 Å². The number of nitrogens with two attached hydrogens (primary N) is 1. The Morgan fingerprint density at radius 3 is 2.33 bits per heavy atom. The summed E-state index contributed by atoms with van der Waals surface area (Å²) in [6, 6.07) is 6.51. The fourth-order valence-electron chi connectivity index (χ4n) is 3.06. The van der Waals surface area contributed by atoms with Gasteiger partial charge in [0.1, 0.15) is 0 Å². The summed E-state index contributed by atoms with van der Waals surface area (Å²) in [6.07, 6.45) is 9.16. The quantitative estimate of drug-likeness (QED) is 0.845. The van der Waals surface area contributed by atoms with Gasteiger partial charge >= 0.3 is 0 Å². The minimum Gasteiger partial charge on any atom is -0.327 e. The maximum Gasteiger partial charge on any atom is 0.0142 e. The molecule has 1 aromatic carbocycles. The van der Waals surface area contributed by atoms with Gasteiger partial charge in [0.2, 0.25) is 0 Å². The SMILES string of the molecule is Cc1cccc(C)c1/C=C(/CN)C1CCCCC1. The van der Waals surface area contributed by atoms with Crippen LogP contribution < -0.4 is 5.73 Å². The number of benzene rings is 1. The lowest BCUT2D eigenvalue weighted by molar-refractivity contribution is 0.401. The van der Waals surface area contributed by atoms with Crippen molar-refractivity contribution in [3.8, 4) is 0 Å². The van der Waals surface area contributed by atoms with Crippen molar-refractivity contribution >= 4 is 6.08 Å². The number of aryl methyl sites for hydroxylation is 2. The van der Waals surface area contributed by atoms with Crippen molar-refractivity contribution in [3.63, 3.8) is 0 Å². The Bertz CT molecular complexity index is 405. The molecule has 1 heteroatoms. The molecular formula is C17H25N. The molecule has 0 spiro atoms. The van der Waals surface area contributed by atoms with Gasteiger partial charge in [-0.15, -0.1) is 0 Å². The topological polar surface area (TPSA) is 26.0 Å². The summed E-state index contributed by atoms with van der Waals surface area (Å²) in [5.74, 6) is 0.725. The minimum atomic E-state index is 0.707. The van der Waals surface area contributed by atoms with Gasteiger partial charge in [-0.1, -0.05) is 49.1 Å². The van der Waals surface area contributed by atoms with Gasteiger partial charge in [0.15, 0.2) is 0 Å². The molecule has 1 aliphatic carbocycles. The van der Waals surface area contributed by atoms with Gasteiger partial charge < -0.3 is 5.73 Å². The van der Waals surface area contributed by atoms with Crippen LogP contribution in [0.5, 0.6) is 0 Å². The molecular weight excluding hydrogens is 218 g/mol. The summed E-state index contributed by atoms with van der Waals surface area (Å²) < 4.78 is 0. The van der Waals surface area contributed by atoms with E-state index in [1.165, 1.54) is 54.4 Å². The molecule has 98 valence electrons. The van der Waals surface area contributed by atoms with Gasteiger partial charge in [-0.05, 0) is 49.3 Å². The summed E-state index contributed by atoms with van der Waals surface area (Å²) in [7, 11) is 0. The van der Waals surface area contributed by atoms with Crippen molar-refractivity contribution in [2.24, 2.45) is 11.7 Å². The summed E-state index contributed by atoms with van der Waals surface area (Å²) in [6.45, 7) is 5.08. The Morgan fingerprint density at radius 2 is 1.78 bits per heavy atom. The second-order valence-corrected chi connectivity index (χ2v) is 5.56. The lowest BCUT2D eigenvalue weighted by Crippen LogP contribution is -2.16. The molecule has 0 radical (unpaired) electrons. The zero-order chi connectivity index (χ0) is 13.0. The van der Waals surface area contributed by atoms with Crippen molar-refractivity contribution in [1.29, 1.82) is 0 Å². The van der Waals surface area contributed by atoms with Crippen molar-refractivity contribution in [3.05, 3.63) is 40.5 Å². The molecule has 1 fully saturated rings. The summed E-state index contributed by atoms with van der Waals surface area (Å²) in [5.41, 5.74) is 11.5. The third-order valence-electron chi connectivity index (χ3n) is 4.24. The zero-order valence-electron chi connectivity index (χ0n) is 11.7. The minimum absolute atomic E-state index is 0.707. The van der Waals surface area contributed by atoms with Crippen molar-refractivity contribution < 1.29 is 0 Å². The molecule has 2 N–H and O–H groups in total. The first-order valence-corrected chi connectivity index (χ1v) is 7.19. The van der Waals surface area contributed by atoms with Gasteiger partial charge in [-0.3, -0.25) is 0 Å². The Hall–Kier alpha value is -1.08.